The first-order valence-corrected chi connectivity index (χ1v) is 26.8. The zero-order valence-corrected chi connectivity index (χ0v) is 41.5. The van der Waals surface area contributed by atoms with Gasteiger partial charge in [0.25, 0.3) is 0 Å². The third-order valence-electron chi connectivity index (χ3n) is 8.56. The number of hydrogen-bond donors (Lipinski definition) is 5. The molecule has 0 unspecified atom stereocenters. The summed E-state index contributed by atoms with van der Waals surface area (Å²) in [6.07, 6.45) is 7.42. The maximum absolute atomic E-state index is 5.43. The number of unbranched alkanes of at least 4 members (excludes halogenated alkanes) is 2. The topological polar surface area (TPSA) is 216 Å². The fourth-order valence-electron chi connectivity index (χ4n) is 4.94. The molecule has 0 aromatic heterocycles. The molecule has 0 heterocycles. The van der Waals surface area contributed by atoms with E-state index in [9.17, 15) is 0 Å². The van der Waals surface area contributed by atoms with E-state index in [0.29, 0.717) is 13.1 Å². The summed E-state index contributed by atoms with van der Waals surface area (Å²) in [6, 6.07) is 3.34. The number of nitrogens with zero attached hydrogens (tertiary/aromatic N) is 1. The molecule has 22 heteroatoms. The van der Waals surface area contributed by atoms with Crippen LogP contribution in [0, 0.1) is 0 Å². The summed E-state index contributed by atoms with van der Waals surface area (Å²) >= 11 is 0. The molecule has 0 rings (SSSR count). The molecule has 338 valence electrons. The van der Waals surface area contributed by atoms with Crippen LogP contribution in [-0.4, -0.2) is 192 Å². The van der Waals surface area contributed by atoms with Gasteiger partial charge in [0.15, 0.2) is 0 Å². The van der Waals surface area contributed by atoms with E-state index >= 15 is 0 Å². The SMILES string of the molecule is CO[Si](CCCN(C)C)(OC)OC.CO[Si](CCCN)(OC)OC.CO[Si](CCCNCCCCCN)(OC)OC.CO[Si](CCCNCCN)(OC)OC. The van der Waals surface area contributed by atoms with Gasteiger partial charge in [-0.2, -0.15) is 0 Å². The average molecular weight is 873 g/mol. The van der Waals surface area contributed by atoms with E-state index in [1.165, 1.54) is 12.8 Å². The molecule has 0 atom stereocenters. The number of nitrogens with two attached hydrogens (primary N) is 3. The van der Waals surface area contributed by atoms with Crippen LogP contribution in [0.25, 0.3) is 0 Å². The maximum atomic E-state index is 5.43. The quantitative estimate of drug-likeness (QED) is 0.0460. The van der Waals surface area contributed by atoms with Crippen molar-refractivity contribution >= 4 is 35.2 Å². The molecule has 0 aromatic carbocycles. The van der Waals surface area contributed by atoms with E-state index < -0.39 is 35.2 Å². The Morgan fingerprint density at radius 1 is 0.345 bits per heavy atom. The van der Waals surface area contributed by atoms with Crippen LogP contribution < -0.4 is 27.8 Å². The Morgan fingerprint density at radius 2 is 0.636 bits per heavy atom. The summed E-state index contributed by atoms with van der Waals surface area (Å²) in [5.41, 5.74) is 16.1. The lowest BCUT2D eigenvalue weighted by atomic mass is 10.2. The minimum absolute atomic E-state index is 0.644. The molecule has 0 bridgehead atoms. The summed E-state index contributed by atoms with van der Waals surface area (Å²) in [5, 5.41) is 6.61. The first-order chi connectivity index (χ1) is 26.3. The Kier molecular flexibility index (Phi) is 47.5. The largest absolute Gasteiger partial charge is 0.500 e. The van der Waals surface area contributed by atoms with Gasteiger partial charge in [-0.1, -0.05) is 6.42 Å². The van der Waals surface area contributed by atoms with E-state index in [2.05, 4.69) is 29.6 Å². The molecule has 0 saturated carbocycles. The predicted octanol–water partition coefficient (Wildman–Crippen LogP) is 1.81. The van der Waals surface area contributed by atoms with E-state index in [4.69, 9.17) is 70.3 Å². The third-order valence-corrected chi connectivity index (χ3v) is 19.9. The second-order valence-corrected chi connectivity index (χ2v) is 24.7. The molecule has 0 aliphatic carbocycles. The first kappa shape index (κ1) is 61.8. The van der Waals surface area contributed by atoms with Gasteiger partial charge in [0.2, 0.25) is 0 Å². The molecular weight excluding hydrogens is 785 g/mol. The summed E-state index contributed by atoms with van der Waals surface area (Å²) < 4.78 is 63.3. The zero-order chi connectivity index (χ0) is 42.9. The highest BCUT2D eigenvalue weighted by molar-refractivity contribution is 6.61. The van der Waals surface area contributed by atoms with Crippen molar-refractivity contribution in [2.75, 3.05) is 152 Å². The van der Waals surface area contributed by atoms with Crippen LogP contribution in [0.2, 0.25) is 24.2 Å². The third kappa shape index (κ3) is 32.7. The van der Waals surface area contributed by atoms with Crippen LogP contribution in [0.1, 0.15) is 44.9 Å². The monoisotopic (exact) mass is 873 g/mol. The van der Waals surface area contributed by atoms with E-state index in [1.807, 2.05) is 0 Å². The van der Waals surface area contributed by atoms with Crippen LogP contribution in [0.3, 0.4) is 0 Å². The Labute approximate surface area is 341 Å². The second-order valence-electron chi connectivity index (χ2n) is 12.3. The second kappa shape index (κ2) is 42.3. The lowest BCUT2D eigenvalue weighted by molar-refractivity contribution is 0.122. The molecule has 0 spiro atoms. The molecule has 0 radical (unpaired) electrons. The highest BCUT2D eigenvalue weighted by atomic mass is 28.4. The Balaban J connectivity index is -0.000000319. The molecule has 0 saturated heterocycles. The van der Waals surface area contributed by atoms with Crippen LogP contribution >= 0.6 is 0 Å². The average Bonchev–Trinajstić information content (AvgIpc) is 3.22. The fourth-order valence-corrected chi connectivity index (χ4v) is 11.8. The van der Waals surface area contributed by atoms with Crippen molar-refractivity contribution in [3.05, 3.63) is 0 Å². The van der Waals surface area contributed by atoms with Crippen molar-refractivity contribution in [1.29, 1.82) is 0 Å². The van der Waals surface area contributed by atoms with Crippen molar-refractivity contribution in [2.24, 2.45) is 17.2 Å². The lowest BCUT2D eigenvalue weighted by Gasteiger charge is -2.24. The molecule has 18 nitrogen and oxygen atoms in total. The van der Waals surface area contributed by atoms with Gasteiger partial charge in [-0.05, 0) is 91.9 Å². The first-order valence-electron chi connectivity index (χ1n) is 19.1. The highest BCUT2D eigenvalue weighted by Gasteiger charge is 2.38. The van der Waals surface area contributed by atoms with Gasteiger partial charge in [0.05, 0.1) is 0 Å². The van der Waals surface area contributed by atoms with Crippen molar-refractivity contribution in [3.63, 3.8) is 0 Å². The molecule has 0 amide bonds. The molecule has 0 aliphatic rings. The smallest absolute Gasteiger partial charge is 0.377 e. The predicted molar refractivity (Wildman–Crippen MR) is 230 cm³/mol. The molecule has 0 fully saturated rings. The van der Waals surface area contributed by atoms with Crippen molar-refractivity contribution in [3.8, 4) is 0 Å². The Bertz CT molecular complexity index is 735. The minimum Gasteiger partial charge on any atom is -0.377 e. The van der Waals surface area contributed by atoms with Crippen LogP contribution in [-0.2, 0) is 53.1 Å². The van der Waals surface area contributed by atoms with Gasteiger partial charge < -0.3 is 85.8 Å². The van der Waals surface area contributed by atoms with Crippen molar-refractivity contribution in [2.45, 2.75) is 69.1 Å². The fraction of sp³-hybridized carbons (Fsp3) is 1.00. The van der Waals surface area contributed by atoms with E-state index in [-0.39, 0.29) is 0 Å². The zero-order valence-electron chi connectivity index (χ0n) is 37.5. The van der Waals surface area contributed by atoms with Gasteiger partial charge >= 0.3 is 35.2 Å². The summed E-state index contributed by atoms with van der Waals surface area (Å²) in [4.78, 5) is 2.14. The number of nitrogens with one attached hydrogen (secondary N) is 2. The van der Waals surface area contributed by atoms with Crippen LogP contribution in [0.15, 0.2) is 0 Å². The summed E-state index contributed by atoms with van der Waals surface area (Å²) in [6.45, 7) is 6.94. The molecule has 55 heavy (non-hydrogen) atoms. The van der Waals surface area contributed by atoms with Crippen LogP contribution in [0.4, 0.5) is 0 Å². The normalized spacial score (nSPS) is 12.1. The van der Waals surface area contributed by atoms with Crippen LogP contribution in [0.5, 0.6) is 0 Å². The molecule has 0 aliphatic heterocycles. The van der Waals surface area contributed by atoms with Crippen molar-refractivity contribution in [1.82, 2.24) is 15.5 Å². The van der Waals surface area contributed by atoms with Gasteiger partial charge in [0.1, 0.15) is 0 Å². The molecular formula is C33H88N6O12Si4. The molecule has 0 aromatic rings. The van der Waals surface area contributed by atoms with Gasteiger partial charge in [0, 0.05) is 123 Å². The summed E-state index contributed by atoms with van der Waals surface area (Å²) in [5.74, 6) is 0. The minimum atomic E-state index is -2.36. The van der Waals surface area contributed by atoms with E-state index in [0.717, 1.165) is 95.5 Å². The standard InChI is InChI=1S/C11H28N2O3Si.C8H22N2O3Si.C8H21NO3Si.C6H17NO3Si/c1-14-17(15-2,16-3)11-7-10-13-9-6-4-5-8-12;1-11-14(12-2,13-3)8-4-6-10-7-5-9;1-9(2)7-6-8-13(10-3,11-4)12-5;1-8-11(9-2,10-3)6-4-5-7/h13H,4-12H2,1-3H3;10H,4-9H2,1-3H3;6-8H2,1-5H3;4-7H2,1-3H3. The lowest BCUT2D eigenvalue weighted by Crippen LogP contribution is -2.43. The number of rotatable bonds is 34. The maximum Gasteiger partial charge on any atom is 0.500 e. The highest BCUT2D eigenvalue weighted by Crippen LogP contribution is 2.16. The Hall–Kier alpha value is 0.148. The Morgan fingerprint density at radius 3 is 0.927 bits per heavy atom. The van der Waals surface area contributed by atoms with Gasteiger partial charge in [-0.15, -0.1) is 0 Å². The molecule has 8 N–H and O–H groups in total. The van der Waals surface area contributed by atoms with Gasteiger partial charge in [-0.25, -0.2) is 0 Å². The van der Waals surface area contributed by atoms with Gasteiger partial charge in [-0.3, -0.25) is 0 Å². The van der Waals surface area contributed by atoms with E-state index in [1.54, 1.807) is 85.3 Å². The van der Waals surface area contributed by atoms with Crippen molar-refractivity contribution < 1.29 is 53.1 Å². The summed E-state index contributed by atoms with van der Waals surface area (Å²) in [7, 11) is 14.4. The number of hydrogen-bond acceptors (Lipinski definition) is 18.